The van der Waals surface area contributed by atoms with Gasteiger partial charge in [0, 0.05) is 27.2 Å². The fraction of sp³-hybridized carbons (Fsp3) is 0.688. The average molecular weight is 424 g/mol. The zero-order valence-corrected chi connectivity index (χ0v) is 17.6. The number of carboxylic acid groups (broad SMARTS) is 3. The molecule has 0 saturated heterocycles. The lowest BCUT2D eigenvalue weighted by Gasteiger charge is -2.20. The van der Waals surface area contributed by atoms with Crippen molar-refractivity contribution >= 4 is 29.8 Å². The smallest absolute Gasteiger partial charge is 0.300 e. The molecule has 29 heavy (non-hydrogen) atoms. The van der Waals surface area contributed by atoms with Crippen molar-refractivity contribution in [3.63, 3.8) is 0 Å². The van der Waals surface area contributed by atoms with Gasteiger partial charge in [-0.05, 0) is 6.42 Å². The second-order valence-electron chi connectivity index (χ2n) is 5.67. The summed E-state index contributed by atoms with van der Waals surface area (Å²) in [7, 11) is 0. The number of hydrogen-bond donors (Lipinski definition) is 8. The van der Waals surface area contributed by atoms with Crippen LogP contribution < -0.4 is 28.7 Å². The summed E-state index contributed by atoms with van der Waals surface area (Å²) in [5, 5.41) is 22.2. The highest BCUT2D eigenvalue weighted by atomic mass is 16.4. The van der Waals surface area contributed by atoms with Gasteiger partial charge >= 0.3 is 0 Å². The number of aliphatic carboxylic acids is 3. The minimum atomic E-state index is -1.23. The minimum absolute atomic E-state index is 0.119. The summed E-state index contributed by atoms with van der Waals surface area (Å²) < 4.78 is 0. The van der Waals surface area contributed by atoms with E-state index in [0.29, 0.717) is 6.42 Å². The van der Waals surface area contributed by atoms with Crippen LogP contribution >= 0.6 is 0 Å². The van der Waals surface area contributed by atoms with Crippen molar-refractivity contribution in [2.75, 3.05) is 0 Å². The fourth-order valence-corrected chi connectivity index (χ4v) is 1.57. The van der Waals surface area contributed by atoms with E-state index in [-0.39, 0.29) is 11.9 Å². The molecule has 0 aromatic rings. The van der Waals surface area contributed by atoms with E-state index in [1.165, 1.54) is 12.8 Å². The molecule has 0 atom stereocenters. The van der Waals surface area contributed by atoms with Crippen LogP contribution in [0.5, 0.6) is 0 Å². The standard InChI is InChI=1S/C10H25N7.3C2H4O2/c1-2-3-4-5-6-7-10(15,16-8(11)12)17-9(13)14;3*1-2(3)4/h2-7,15H2,1H3,(H4,11,12,16)(H4,13,14,17);3*1H3,(H,3,4). The van der Waals surface area contributed by atoms with Gasteiger partial charge in [-0.1, -0.05) is 32.6 Å². The van der Waals surface area contributed by atoms with E-state index in [2.05, 4.69) is 16.9 Å². The van der Waals surface area contributed by atoms with E-state index < -0.39 is 23.7 Å². The summed E-state index contributed by atoms with van der Waals surface area (Å²) in [6.07, 6.45) is 6.03. The van der Waals surface area contributed by atoms with E-state index in [1.54, 1.807) is 0 Å². The second kappa shape index (κ2) is 21.2. The van der Waals surface area contributed by atoms with Crippen LogP contribution in [0.15, 0.2) is 9.98 Å². The molecule has 0 saturated carbocycles. The van der Waals surface area contributed by atoms with E-state index in [9.17, 15) is 0 Å². The lowest BCUT2D eigenvalue weighted by atomic mass is 10.1. The van der Waals surface area contributed by atoms with Crippen LogP contribution in [0.3, 0.4) is 0 Å². The highest BCUT2D eigenvalue weighted by molar-refractivity contribution is 5.78. The molecule has 0 rings (SSSR count). The molecule has 0 fully saturated rings. The van der Waals surface area contributed by atoms with Crippen LogP contribution in [0.25, 0.3) is 0 Å². The largest absolute Gasteiger partial charge is 0.481 e. The molecule has 13 nitrogen and oxygen atoms in total. The molecule has 13 heteroatoms. The maximum atomic E-state index is 9.00. The van der Waals surface area contributed by atoms with Crippen molar-refractivity contribution in [3.8, 4) is 0 Å². The van der Waals surface area contributed by atoms with E-state index in [1.807, 2.05) is 0 Å². The third-order valence-corrected chi connectivity index (χ3v) is 2.29. The van der Waals surface area contributed by atoms with Crippen molar-refractivity contribution in [1.29, 1.82) is 0 Å². The van der Waals surface area contributed by atoms with Crippen LogP contribution in [0.2, 0.25) is 0 Å². The van der Waals surface area contributed by atoms with Crippen molar-refractivity contribution in [2.45, 2.75) is 72.0 Å². The zero-order chi connectivity index (χ0) is 24.0. The van der Waals surface area contributed by atoms with Crippen molar-refractivity contribution in [1.82, 2.24) is 0 Å². The first-order valence-corrected chi connectivity index (χ1v) is 8.68. The van der Waals surface area contributed by atoms with E-state index >= 15 is 0 Å². The molecular weight excluding hydrogens is 386 g/mol. The number of carbonyl (C=O) groups is 3. The lowest BCUT2D eigenvalue weighted by molar-refractivity contribution is -0.135. The van der Waals surface area contributed by atoms with Crippen molar-refractivity contribution in [3.05, 3.63) is 0 Å². The Morgan fingerprint density at radius 3 is 1.24 bits per heavy atom. The maximum Gasteiger partial charge on any atom is 0.300 e. The molecule has 0 bridgehead atoms. The van der Waals surface area contributed by atoms with Crippen molar-refractivity contribution in [2.24, 2.45) is 38.7 Å². The van der Waals surface area contributed by atoms with E-state index in [4.69, 9.17) is 58.4 Å². The molecule has 13 N–H and O–H groups in total. The predicted octanol–water partition coefficient (Wildman–Crippen LogP) is -0.221. The first-order valence-electron chi connectivity index (χ1n) is 8.68. The zero-order valence-electron chi connectivity index (χ0n) is 17.6. The van der Waals surface area contributed by atoms with Crippen LogP contribution in [-0.4, -0.2) is 50.9 Å². The number of rotatable bonds is 8. The molecule has 0 aliphatic heterocycles. The Bertz CT molecular complexity index is 457. The Morgan fingerprint density at radius 1 is 0.724 bits per heavy atom. The Labute approximate surface area is 171 Å². The number of nitrogens with zero attached hydrogens (tertiary/aromatic N) is 2. The Kier molecular flexibility index (Phi) is 24.5. The summed E-state index contributed by atoms with van der Waals surface area (Å²) >= 11 is 0. The summed E-state index contributed by atoms with van der Waals surface area (Å²) in [5.41, 5.74) is 27.1. The van der Waals surface area contributed by atoms with Gasteiger partial charge in [-0.2, -0.15) is 0 Å². The molecule has 172 valence electrons. The topological polar surface area (TPSA) is 267 Å². The van der Waals surface area contributed by atoms with Crippen molar-refractivity contribution < 1.29 is 29.7 Å². The van der Waals surface area contributed by atoms with Gasteiger partial charge in [0.2, 0.25) is 5.79 Å². The highest BCUT2D eigenvalue weighted by Crippen LogP contribution is 2.16. The quantitative estimate of drug-likeness (QED) is 0.143. The van der Waals surface area contributed by atoms with Gasteiger partial charge in [-0.15, -0.1) is 0 Å². The molecular formula is C16H37N7O6. The molecule has 0 radical (unpaired) electrons. The van der Waals surface area contributed by atoms with Gasteiger partial charge in [0.1, 0.15) is 0 Å². The average Bonchev–Trinajstić information content (AvgIpc) is 2.43. The highest BCUT2D eigenvalue weighted by Gasteiger charge is 2.22. The third kappa shape index (κ3) is 58.8. The summed E-state index contributed by atoms with van der Waals surface area (Å²) in [6, 6.07) is 0. The molecule has 0 spiro atoms. The third-order valence-electron chi connectivity index (χ3n) is 2.29. The number of carboxylic acids is 3. The van der Waals surface area contributed by atoms with Gasteiger partial charge in [0.05, 0.1) is 0 Å². The second-order valence-corrected chi connectivity index (χ2v) is 5.67. The number of hydrogen-bond acceptors (Lipinski definition) is 6. The summed E-state index contributed by atoms with van der Waals surface area (Å²) in [4.78, 5) is 34.7. The first kappa shape index (κ1) is 33.5. The Balaban J connectivity index is -0.000000212. The molecule has 0 aliphatic carbocycles. The van der Waals surface area contributed by atoms with Gasteiger partial charge in [-0.3, -0.25) is 20.1 Å². The molecule has 0 amide bonds. The van der Waals surface area contributed by atoms with Gasteiger partial charge < -0.3 is 38.3 Å². The molecule has 0 aromatic carbocycles. The first-order chi connectivity index (χ1) is 13.1. The lowest BCUT2D eigenvalue weighted by Crippen LogP contribution is -2.43. The van der Waals surface area contributed by atoms with Crippen LogP contribution in [0.1, 0.15) is 66.2 Å². The van der Waals surface area contributed by atoms with Gasteiger partial charge in [0.15, 0.2) is 11.9 Å². The molecule has 0 unspecified atom stereocenters. The number of aliphatic imine (C=N–C) groups is 2. The minimum Gasteiger partial charge on any atom is -0.481 e. The van der Waals surface area contributed by atoms with Gasteiger partial charge in [-0.25, -0.2) is 9.98 Å². The van der Waals surface area contributed by atoms with Crippen LogP contribution in [0.4, 0.5) is 0 Å². The normalized spacial score (nSPS) is 9.00. The molecule has 0 aromatic heterocycles. The Hall–Kier alpha value is -3.09. The summed E-state index contributed by atoms with van der Waals surface area (Å²) in [5.74, 6) is -3.97. The molecule has 0 heterocycles. The fourth-order valence-electron chi connectivity index (χ4n) is 1.57. The van der Waals surface area contributed by atoms with E-state index in [0.717, 1.165) is 40.0 Å². The monoisotopic (exact) mass is 423 g/mol. The summed E-state index contributed by atoms with van der Waals surface area (Å²) in [6.45, 7) is 5.41. The number of guanidine groups is 2. The number of nitrogens with two attached hydrogens (primary N) is 5. The molecule has 0 aliphatic rings. The van der Waals surface area contributed by atoms with Crippen LogP contribution in [0, 0.1) is 0 Å². The van der Waals surface area contributed by atoms with Gasteiger partial charge in [0.25, 0.3) is 17.9 Å². The number of unbranched alkanes of at least 4 members (excludes halogenated alkanes) is 4. The maximum absolute atomic E-state index is 9.00. The van der Waals surface area contributed by atoms with Crippen LogP contribution in [-0.2, 0) is 14.4 Å². The predicted molar refractivity (Wildman–Crippen MR) is 112 cm³/mol. The SMILES string of the molecule is CC(=O)O.CC(=O)O.CC(=O)O.CCCCCCCC(N)(N=C(N)N)N=C(N)N. The Morgan fingerprint density at radius 2 is 1.00 bits per heavy atom.